The van der Waals surface area contributed by atoms with Crippen molar-refractivity contribution < 1.29 is 27.8 Å². The van der Waals surface area contributed by atoms with Gasteiger partial charge in [0.05, 0.1) is 50.6 Å². The second-order valence-corrected chi connectivity index (χ2v) is 12.8. The predicted octanol–water partition coefficient (Wildman–Crippen LogP) is 7.41. The van der Waals surface area contributed by atoms with Gasteiger partial charge in [-0.2, -0.15) is 0 Å². The van der Waals surface area contributed by atoms with Crippen LogP contribution >= 0.6 is 34.3 Å². The summed E-state index contributed by atoms with van der Waals surface area (Å²) < 4.78 is 42.7. The number of thiazole rings is 2. The molecule has 2 aromatic carbocycles. The summed E-state index contributed by atoms with van der Waals surface area (Å²) in [7, 11) is 0. The maximum absolute atomic E-state index is 13.9. The van der Waals surface area contributed by atoms with E-state index in [0.29, 0.717) is 15.3 Å². The van der Waals surface area contributed by atoms with E-state index in [-0.39, 0.29) is 45.9 Å². The smallest absolute Gasteiger partial charge is 0.345 e. The minimum Gasteiger partial charge on any atom is -0.462 e. The van der Waals surface area contributed by atoms with Crippen molar-refractivity contribution >= 4 is 98.4 Å². The molecule has 0 N–H and O–H groups in total. The van der Waals surface area contributed by atoms with E-state index in [4.69, 9.17) is 21.1 Å². The molecule has 8 rings (SSSR count). The Kier molecular flexibility index (Phi) is 8.30. The lowest BCUT2D eigenvalue weighted by Gasteiger charge is -2.08. The van der Waals surface area contributed by atoms with E-state index < -0.39 is 34.4 Å². The van der Waals surface area contributed by atoms with Gasteiger partial charge in [0.2, 0.25) is 10.9 Å². The number of ether oxygens (including phenoxy) is 2. The minimum atomic E-state index is -0.819. The number of rotatable bonds is 4. The monoisotopic (exact) mass is 718 g/mol. The third-order valence-corrected chi connectivity index (χ3v) is 10.1. The fourth-order valence-corrected chi connectivity index (χ4v) is 8.00. The number of carbonyl (C=O) groups is 2. The molecule has 10 nitrogen and oxygen atoms in total. The van der Waals surface area contributed by atoms with Crippen LogP contribution in [0.4, 0.5) is 8.78 Å². The topological polar surface area (TPSA) is 121 Å². The molecule has 0 saturated carbocycles. The lowest BCUT2D eigenvalue weighted by atomic mass is 10.2. The number of aromatic nitrogens is 4. The highest BCUT2D eigenvalue weighted by atomic mass is 35.5. The van der Waals surface area contributed by atoms with Crippen LogP contribution in [0.15, 0.2) is 76.4 Å². The first kappa shape index (κ1) is 32.2. The summed E-state index contributed by atoms with van der Waals surface area (Å²) in [6, 6.07) is 17.0. The average molecular weight is 719 g/mol. The molecule has 6 heterocycles. The Morgan fingerprint density at radius 1 is 0.776 bits per heavy atom. The van der Waals surface area contributed by atoms with E-state index in [9.17, 15) is 28.0 Å². The number of halogens is 3. The second kappa shape index (κ2) is 12.6. The lowest BCUT2D eigenvalue weighted by Crippen LogP contribution is -2.20. The largest absolute Gasteiger partial charge is 0.462 e. The summed E-state index contributed by atoms with van der Waals surface area (Å²) in [6.07, 6.45) is 1.06. The summed E-state index contributed by atoms with van der Waals surface area (Å²) in [5, 5.41) is -0.301. The van der Waals surface area contributed by atoms with Crippen molar-refractivity contribution in [2.75, 3.05) is 13.2 Å². The standard InChI is InChI=1S/C17H10ClFN2O3S.C17H11FN2O3S/c1-2-24-17(23)12-13(22)8-7-9(19)14(18)20-15(8)21-10-5-3-4-6-11(10)25-16(12)21;1-2-23-17(22)13-14(21)10-7-9(18)8-19-15(10)20-11-5-3-4-6-12(11)24-16(13)20/h3-7H,2H2,1H3;3-8H,2H2,1H3. The minimum absolute atomic E-state index is 0.0222. The number of hydrogen-bond donors (Lipinski definition) is 0. The highest BCUT2D eigenvalue weighted by Gasteiger charge is 2.25. The summed E-state index contributed by atoms with van der Waals surface area (Å²) >= 11 is 8.39. The molecule has 0 fully saturated rings. The third kappa shape index (κ3) is 5.28. The number of hydrogen-bond acceptors (Lipinski definition) is 10. The van der Waals surface area contributed by atoms with Crippen molar-refractivity contribution in [3.8, 4) is 0 Å². The molecule has 8 aromatic rings. The molecule has 0 bridgehead atoms. The number of nitrogens with zero attached hydrogens (tertiary/aromatic N) is 4. The number of pyridine rings is 4. The van der Waals surface area contributed by atoms with Crippen LogP contribution < -0.4 is 10.9 Å². The molecule has 0 atom stereocenters. The van der Waals surface area contributed by atoms with Crippen LogP contribution in [-0.4, -0.2) is 43.9 Å². The van der Waals surface area contributed by atoms with Gasteiger partial charge in [-0.3, -0.25) is 18.4 Å². The fraction of sp³-hybridized carbons (Fsp3) is 0.118. The molecule has 0 radical (unpaired) electrons. The predicted molar refractivity (Wildman–Crippen MR) is 186 cm³/mol. The van der Waals surface area contributed by atoms with Crippen LogP contribution in [0.2, 0.25) is 5.15 Å². The summed E-state index contributed by atoms with van der Waals surface area (Å²) in [5.41, 5.74) is 0.668. The molecule has 0 aliphatic rings. The van der Waals surface area contributed by atoms with Gasteiger partial charge >= 0.3 is 11.9 Å². The molecule has 0 aliphatic carbocycles. The molecule has 15 heteroatoms. The van der Waals surface area contributed by atoms with Gasteiger partial charge in [0.1, 0.15) is 32.3 Å². The van der Waals surface area contributed by atoms with Crippen LogP contribution in [0, 0.1) is 11.6 Å². The van der Waals surface area contributed by atoms with Gasteiger partial charge in [-0.05, 0) is 50.2 Å². The lowest BCUT2D eigenvalue weighted by molar-refractivity contribution is 0.0517. The first-order chi connectivity index (χ1) is 23.6. The van der Waals surface area contributed by atoms with Gasteiger partial charge in [0, 0.05) is 0 Å². The van der Waals surface area contributed by atoms with E-state index in [2.05, 4.69) is 9.97 Å². The molecule has 0 amide bonds. The summed E-state index contributed by atoms with van der Waals surface area (Å²) in [6.45, 7) is 3.59. The van der Waals surface area contributed by atoms with Crippen molar-refractivity contribution in [2.24, 2.45) is 0 Å². The van der Waals surface area contributed by atoms with Crippen LogP contribution in [0.3, 0.4) is 0 Å². The van der Waals surface area contributed by atoms with E-state index in [0.717, 1.165) is 38.8 Å². The van der Waals surface area contributed by atoms with Crippen LogP contribution in [0.1, 0.15) is 34.6 Å². The number of para-hydroxylation sites is 2. The Morgan fingerprint density at radius 2 is 1.27 bits per heavy atom. The van der Waals surface area contributed by atoms with Crippen molar-refractivity contribution in [3.63, 3.8) is 0 Å². The SMILES string of the molecule is CCOC(=O)c1c(=O)c2cc(F)c(Cl)nc2n2c1sc1ccccc12.CCOC(=O)c1c(=O)c2cc(F)cnc2n2c1sc1ccccc12. The first-order valence-corrected chi connectivity index (χ1v) is 16.7. The van der Waals surface area contributed by atoms with Gasteiger partial charge in [-0.25, -0.2) is 28.3 Å². The molecule has 0 spiro atoms. The van der Waals surface area contributed by atoms with Gasteiger partial charge < -0.3 is 9.47 Å². The number of fused-ring (bicyclic) bond motifs is 10. The Bertz CT molecular complexity index is 2790. The highest BCUT2D eigenvalue weighted by Crippen LogP contribution is 2.33. The maximum atomic E-state index is 13.9. The zero-order valence-electron chi connectivity index (χ0n) is 25.5. The van der Waals surface area contributed by atoms with Crippen molar-refractivity contribution in [1.82, 2.24) is 18.8 Å². The zero-order chi connectivity index (χ0) is 34.6. The summed E-state index contributed by atoms with van der Waals surface area (Å²) in [5.74, 6) is -2.90. The fourth-order valence-electron chi connectivity index (χ4n) is 5.52. The Balaban J connectivity index is 0.000000154. The van der Waals surface area contributed by atoms with E-state index >= 15 is 0 Å². The molecule has 0 saturated heterocycles. The van der Waals surface area contributed by atoms with Crippen molar-refractivity contribution in [2.45, 2.75) is 13.8 Å². The molecule has 0 unspecified atom stereocenters. The second-order valence-electron chi connectivity index (χ2n) is 10.4. The quantitative estimate of drug-likeness (QED) is 0.136. The normalized spacial score (nSPS) is 11.4. The number of carbonyl (C=O) groups excluding carboxylic acids is 2. The Labute approximate surface area is 286 Å². The van der Waals surface area contributed by atoms with E-state index in [1.807, 2.05) is 48.5 Å². The molecule has 0 aliphatic heterocycles. The van der Waals surface area contributed by atoms with Gasteiger partial charge in [-0.1, -0.05) is 35.9 Å². The van der Waals surface area contributed by atoms with Gasteiger partial charge in [-0.15, -0.1) is 22.7 Å². The van der Waals surface area contributed by atoms with Crippen LogP contribution in [0.5, 0.6) is 0 Å². The summed E-state index contributed by atoms with van der Waals surface area (Å²) in [4.78, 5) is 59.3. The Hall–Kier alpha value is -5.31. The van der Waals surface area contributed by atoms with Crippen LogP contribution in [-0.2, 0) is 9.47 Å². The number of benzene rings is 2. The first-order valence-electron chi connectivity index (χ1n) is 14.7. The third-order valence-electron chi connectivity index (χ3n) is 7.53. The average Bonchev–Trinajstić information content (AvgIpc) is 3.65. The zero-order valence-corrected chi connectivity index (χ0v) is 27.8. The highest BCUT2D eigenvalue weighted by molar-refractivity contribution is 7.24. The van der Waals surface area contributed by atoms with Gasteiger partial charge in [0.15, 0.2) is 16.6 Å². The van der Waals surface area contributed by atoms with Gasteiger partial charge in [0.25, 0.3) is 0 Å². The molecular formula is C34H21ClF2N4O6S2. The molecule has 6 aromatic heterocycles. The number of esters is 2. The van der Waals surface area contributed by atoms with Crippen molar-refractivity contribution in [3.05, 3.63) is 115 Å². The van der Waals surface area contributed by atoms with E-state index in [1.165, 1.54) is 22.7 Å². The van der Waals surface area contributed by atoms with E-state index in [1.54, 1.807) is 22.6 Å². The molecular weight excluding hydrogens is 698 g/mol. The van der Waals surface area contributed by atoms with Crippen molar-refractivity contribution in [1.29, 1.82) is 0 Å². The maximum Gasteiger partial charge on any atom is 0.345 e. The molecule has 49 heavy (non-hydrogen) atoms. The van der Waals surface area contributed by atoms with Crippen LogP contribution in [0.25, 0.3) is 52.2 Å². The molecule has 246 valence electrons. The Morgan fingerprint density at radius 3 is 1.80 bits per heavy atom.